The number of likely N-dealkylation sites (tertiary alicyclic amines) is 1. The minimum absolute atomic E-state index is 0.0936. The number of hydrogen-bond acceptors (Lipinski definition) is 3. The molecule has 1 atom stereocenters. The molecule has 2 aromatic carbocycles. The minimum Gasteiger partial charge on any atom is -0.493 e. The van der Waals surface area contributed by atoms with Crippen molar-refractivity contribution in [3.8, 4) is 5.75 Å². The molecule has 0 spiro atoms. The number of carbonyl (C=O) groups excluding carboxylic acids is 1. The van der Waals surface area contributed by atoms with Crippen LogP contribution in [-0.4, -0.2) is 37.0 Å². The second kappa shape index (κ2) is 8.78. The first-order valence-electron chi connectivity index (χ1n) is 10.5. The van der Waals surface area contributed by atoms with Gasteiger partial charge in [0, 0.05) is 24.2 Å². The van der Waals surface area contributed by atoms with Crippen molar-refractivity contribution >= 4 is 11.6 Å². The van der Waals surface area contributed by atoms with E-state index in [1.165, 1.54) is 31.5 Å². The topological polar surface area (TPSA) is 41.6 Å². The molecule has 2 heterocycles. The maximum atomic E-state index is 11.7. The average Bonchev–Trinajstić information content (AvgIpc) is 2.72. The largest absolute Gasteiger partial charge is 0.493 e. The van der Waals surface area contributed by atoms with Crippen molar-refractivity contribution in [1.29, 1.82) is 0 Å². The highest BCUT2D eigenvalue weighted by Gasteiger charge is 2.25. The Balaban J connectivity index is 1.23. The summed E-state index contributed by atoms with van der Waals surface area (Å²) < 4.78 is 6.11. The van der Waals surface area contributed by atoms with Crippen molar-refractivity contribution < 1.29 is 9.53 Å². The third-order valence-corrected chi connectivity index (χ3v) is 6.06. The van der Waals surface area contributed by atoms with Gasteiger partial charge in [0.25, 0.3) is 0 Å². The zero-order chi connectivity index (χ0) is 19.3. The van der Waals surface area contributed by atoms with Gasteiger partial charge in [0.1, 0.15) is 5.75 Å². The normalized spacial score (nSPS) is 20.5. The Labute approximate surface area is 167 Å². The molecule has 2 aliphatic rings. The summed E-state index contributed by atoms with van der Waals surface area (Å²) >= 11 is 0. The molecule has 0 radical (unpaired) electrons. The number of hydrogen-bond donors (Lipinski definition) is 1. The van der Waals surface area contributed by atoms with Crippen LogP contribution < -0.4 is 10.1 Å². The molecule has 4 nitrogen and oxygen atoms in total. The van der Waals surface area contributed by atoms with E-state index in [4.69, 9.17) is 4.74 Å². The van der Waals surface area contributed by atoms with Crippen LogP contribution in [0.15, 0.2) is 48.5 Å². The number of nitrogens with one attached hydrogen (secondary N) is 1. The van der Waals surface area contributed by atoms with E-state index in [-0.39, 0.29) is 11.8 Å². The molecule has 148 valence electrons. The number of benzene rings is 2. The number of nitrogens with zero attached hydrogens (tertiary/aromatic N) is 1. The summed E-state index contributed by atoms with van der Waals surface area (Å²) in [4.78, 5) is 14.3. The van der Waals surface area contributed by atoms with Crippen molar-refractivity contribution in [2.75, 3.05) is 31.6 Å². The highest BCUT2D eigenvalue weighted by atomic mass is 16.5. The van der Waals surface area contributed by atoms with Crippen molar-refractivity contribution in [3.63, 3.8) is 0 Å². The van der Waals surface area contributed by atoms with Gasteiger partial charge in [-0.2, -0.15) is 0 Å². The van der Waals surface area contributed by atoms with Crippen molar-refractivity contribution in [1.82, 2.24) is 4.90 Å². The van der Waals surface area contributed by atoms with Gasteiger partial charge in [-0.25, -0.2) is 0 Å². The summed E-state index contributed by atoms with van der Waals surface area (Å²) in [5.74, 6) is 1.93. The molecule has 4 rings (SSSR count). The first kappa shape index (κ1) is 19.0. The molecule has 0 aliphatic carbocycles. The van der Waals surface area contributed by atoms with Crippen LogP contribution in [0.5, 0.6) is 5.75 Å². The van der Waals surface area contributed by atoms with Crippen molar-refractivity contribution in [3.05, 3.63) is 59.7 Å². The Hall–Kier alpha value is -2.33. The van der Waals surface area contributed by atoms with Crippen LogP contribution in [0.3, 0.4) is 0 Å². The highest BCUT2D eigenvalue weighted by molar-refractivity contribution is 5.95. The summed E-state index contributed by atoms with van der Waals surface area (Å²) in [6.45, 7) is 6.24. The fourth-order valence-electron chi connectivity index (χ4n) is 4.55. The van der Waals surface area contributed by atoms with Gasteiger partial charge in [0.05, 0.1) is 6.61 Å². The summed E-state index contributed by atoms with van der Waals surface area (Å²) in [6, 6.07) is 16.9. The predicted octanol–water partition coefficient (Wildman–Crippen LogP) is 4.78. The summed E-state index contributed by atoms with van der Waals surface area (Å²) in [7, 11) is 0. The summed E-state index contributed by atoms with van der Waals surface area (Å²) in [6.07, 6.45) is 4.05. The maximum Gasteiger partial charge on any atom is 0.224 e. The highest BCUT2D eigenvalue weighted by Crippen LogP contribution is 2.38. The Morgan fingerprint density at radius 3 is 2.64 bits per heavy atom. The molecule has 2 aromatic rings. The van der Waals surface area contributed by atoms with E-state index in [9.17, 15) is 4.79 Å². The SMILES string of the molecule is CC1CC(=O)Nc2cccc(OCCCN3CCC(c4ccccc4)CC3)c21. The first-order chi connectivity index (χ1) is 13.7. The van der Waals surface area contributed by atoms with Gasteiger partial charge in [0.2, 0.25) is 5.91 Å². The van der Waals surface area contributed by atoms with E-state index in [0.29, 0.717) is 12.3 Å². The molecule has 1 fully saturated rings. The van der Waals surface area contributed by atoms with Crippen molar-refractivity contribution in [2.45, 2.75) is 44.4 Å². The number of anilines is 1. The van der Waals surface area contributed by atoms with Gasteiger partial charge in [-0.1, -0.05) is 43.3 Å². The number of rotatable bonds is 6. The third-order valence-electron chi connectivity index (χ3n) is 6.06. The smallest absolute Gasteiger partial charge is 0.224 e. The molecule has 28 heavy (non-hydrogen) atoms. The Morgan fingerprint density at radius 1 is 1.07 bits per heavy atom. The predicted molar refractivity (Wildman–Crippen MR) is 113 cm³/mol. The van der Waals surface area contributed by atoms with Crippen LogP contribution in [-0.2, 0) is 4.79 Å². The van der Waals surface area contributed by atoms with Crippen molar-refractivity contribution in [2.24, 2.45) is 0 Å². The fraction of sp³-hybridized carbons (Fsp3) is 0.458. The van der Waals surface area contributed by atoms with Gasteiger partial charge < -0.3 is 15.0 Å². The Bertz CT molecular complexity index is 798. The lowest BCUT2D eigenvalue weighted by Gasteiger charge is -2.32. The van der Waals surface area contributed by atoms with Crippen LogP contribution in [0.25, 0.3) is 0 Å². The second-order valence-corrected chi connectivity index (χ2v) is 8.10. The molecular formula is C24H30N2O2. The van der Waals surface area contributed by atoms with Crippen LogP contribution in [0.2, 0.25) is 0 Å². The number of piperidine rings is 1. The number of amides is 1. The monoisotopic (exact) mass is 378 g/mol. The molecular weight excluding hydrogens is 348 g/mol. The number of ether oxygens (including phenoxy) is 1. The molecule has 1 unspecified atom stereocenters. The van der Waals surface area contributed by atoms with Crippen LogP contribution in [0, 0.1) is 0 Å². The lowest BCUT2D eigenvalue weighted by Crippen LogP contribution is -2.34. The Morgan fingerprint density at radius 2 is 1.86 bits per heavy atom. The maximum absolute atomic E-state index is 11.7. The lowest BCUT2D eigenvalue weighted by atomic mass is 9.89. The fourth-order valence-corrected chi connectivity index (χ4v) is 4.55. The molecule has 1 amide bonds. The molecule has 4 heteroatoms. The molecule has 0 aromatic heterocycles. The minimum atomic E-state index is 0.0936. The van der Waals surface area contributed by atoms with Gasteiger partial charge in [-0.05, 0) is 61.9 Å². The summed E-state index contributed by atoms with van der Waals surface area (Å²) in [5, 5.41) is 2.96. The van der Waals surface area contributed by atoms with Crippen LogP contribution in [0.1, 0.15) is 55.6 Å². The van der Waals surface area contributed by atoms with E-state index in [0.717, 1.165) is 36.6 Å². The molecule has 2 aliphatic heterocycles. The van der Waals surface area contributed by atoms with Crippen LogP contribution in [0.4, 0.5) is 5.69 Å². The van der Waals surface area contributed by atoms with Gasteiger partial charge >= 0.3 is 0 Å². The van der Waals surface area contributed by atoms with E-state index in [1.54, 1.807) is 0 Å². The molecule has 1 saturated heterocycles. The van der Waals surface area contributed by atoms with Gasteiger partial charge in [-0.15, -0.1) is 0 Å². The second-order valence-electron chi connectivity index (χ2n) is 8.10. The quantitative estimate of drug-likeness (QED) is 0.736. The zero-order valence-corrected chi connectivity index (χ0v) is 16.7. The Kier molecular flexibility index (Phi) is 5.96. The zero-order valence-electron chi connectivity index (χ0n) is 16.7. The number of fused-ring (bicyclic) bond motifs is 1. The van der Waals surface area contributed by atoms with E-state index in [2.05, 4.69) is 47.5 Å². The van der Waals surface area contributed by atoms with Gasteiger partial charge in [0.15, 0.2) is 0 Å². The molecule has 1 N–H and O–H groups in total. The van der Waals surface area contributed by atoms with Gasteiger partial charge in [-0.3, -0.25) is 4.79 Å². The molecule has 0 bridgehead atoms. The van der Waals surface area contributed by atoms with E-state index < -0.39 is 0 Å². The molecule has 0 saturated carbocycles. The third kappa shape index (κ3) is 4.39. The standard InChI is InChI=1S/C24H30N2O2/c1-18-17-23(27)25-21-9-5-10-22(24(18)21)28-16-6-13-26-14-11-20(12-15-26)19-7-3-2-4-8-19/h2-5,7-10,18,20H,6,11-17H2,1H3,(H,25,27). The average molecular weight is 379 g/mol. The van der Waals surface area contributed by atoms with E-state index in [1.807, 2.05) is 18.2 Å². The lowest BCUT2D eigenvalue weighted by molar-refractivity contribution is -0.116. The van der Waals surface area contributed by atoms with Crippen LogP contribution >= 0.6 is 0 Å². The first-order valence-corrected chi connectivity index (χ1v) is 10.5. The summed E-state index contributed by atoms with van der Waals surface area (Å²) in [5.41, 5.74) is 3.54. The van der Waals surface area contributed by atoms with E-state index >= 15 is 0 Å². The number of carbonyl (C=O) groups is 1.